The van der Waals surface area contributed by atoms with Crippen LogP contribution in [0.1, 0.15) is 39.5 Å². The maximum Gasteiger partial charge on any atom is 0.311 e. The molecule has 0 spiro atoms. The van der Waals surface area contributed by atoms with Gasteiger partial charge in [-0.15, -0.1) is 0 Å². The molecule has 2 unspecified atom stereocenters. The number of hydrogen-bond acceptors (Lipinski definition) is 3. The van der Waals surface area contributed by atoms with Crippen molar-refractivity contribution in [3.8, 4) is 0 Å². The van der Waals surface area contributed by atoms with Crippen molar-refractivity contribution in [1.29, 1.82) is 0 Å². The summed E-state index contributed by atoms with van der Waals surface area (Å²) in [6.07, 6.45) is 3.33. The second-order valence-electron chi connectivity index (χ2n) is 3.37. The van der Waals surface area contributed by atoms with Crippen molar-refractivity contribution in [2.24, 2.45) is 5.92 Å². The number of aliphatic hydroxyl groups is 1. The molecule has 0 aliphatic heterocycles. The molecule has 0 fully saturated rings. The first-order chi connectivity index (χ1) is 6.13. The third-order valence-electron chi connectivity index (χ3n) is 2.25. The van der Waals surface area contributed by atoms with Crippen molar-refractivity contribution >= 4 is 5.97 Å². The Kier molecular flexibility index (Phi) is 6.59. The zero-order valence-electron chi connectivity index (χ0n) is 8.75. The fourth-order valence-electron chi connectivity index (χ4n) is 1.20. The molecule has 0 amide bonds. The highest BCUT2D eigenvalue weighted by Gasteiger charge is 2.21. The maximum absolute atomic E-state index is 11.0. The summed E-state index contributed by atoms with van der Waals surface area (Å²) in [6, 6.07) is 0. The van der Waals surface area contributed by atoms with E-state index in [9.17, 15) is 9.90 Å². The number of unbranched alkanes of at least 4 members (excludes halogenated alkanes) is 2. The number of hydrogen-bond donors (Lipinski definition) is 1. The van der Waals surface area contributed by atoms with Gasteiger partial charge in [-0.2, -0.15) is 0 Å². The molecule has 1 N–H and O–H groups in total. The highest BCUT2D eigenvalue weighted by Crippen LogP contribution is 2.12. The van der Waals surface area contributed by atoms with Crippen LogP contribution in [-0.4, -0.2) is 24.3 Å². The zero-order valence-corrected chi connectivity index (χ0v) is 8.75. The van der Waals surface area contributed by atoms with Gasteiger partial charge >= 0.3 is 5.97 Å². The van der Waals surface area contributed by atoms with Crippen molar-refractivity contribution in [3.05, 3.63) is 0 Å². The average Bonchev–Trinajstić information content (AvgIpc) is 2.15. The largest absolute Gasteiger partial charge is 0.469 e. The Morgan fingerprint density at radius 3 is 2.54 bits per heavy atom. The van der Waals surface area contributed by atoms with Crippen molar-refractivity contribution in [1.82, 2.24) is 0 Å². The molecule has 0 rings (SSSR count). The molecule has 2 atom stereocenters. The van der Waals surface area contributed by atoms with Gasteiger partial charge in [0.1, 0.15) is 0 Å². The van der Waals surface area contributed by atoms with E-state index in [0.717, 1.165) is 19.3 Å². The van der Waals surface area contributed by atoms with E-state index in [0.29, 0.717) is 6.42 Å². The van der Waals surface area contributed by atoms with Crippen LogP contribution in [0, 0.1) is 5.92 Å². The monoisotopic (exact) mass is 188 g/mol. The van der Waals surface area contributed by atoms with Crippen molar-refractivity contribution in [2.45, 2.75) is 45.6 Å². The van der Waals surface area contributed by atoms with Gasteiger partial charge in [0.15, 0.2) is 0 Å². The van der Waals surface area contributed by atoms with Crippen LogP contribution in [0.2, 0.25) is 0 Å². The Bertz CT molecular complexity index is 145. The molecule has 3 heteroatoms. The smallest absolute Gasteiger partial charge is 0.311 e. The van der Waals surface area contributed by atoms with Gasteiger partial charge in [0.25, 0.3) is 0 Å². The van der Waals surface area contributed by atoms with E-state index in [2.05, 4.69) is 11.7 Å². The Morgan fingerprint density at radius 1 is 1.46 bits per heavy atom. The van der Waals surface area contributed by atoms with E-state index < -0.39 is 12.0 Å². The maximum atomic E-state index is 11.0. The highest BCUT2D eigenvalue weighted by atomic mass is 16.5. The van der Waals surface area contributed by atoms with E-state index in [1.807, 2.05) is 0 Å². The summed E-state index contributed by atoms with van der Waals surface area (Å²) in [7, 11) is 1.34. The minimum Gasteiger partial charge on any atom is -0.469 e. The van der Waals surface area contributed by atoms with Crippen LogP contribution in [0.25, 0.3) is 0 Å². The quantitative estimate of drug-likeness (QED) is 0.510. The van der Waals surface area contributed by atoms with Crippen LogP contribution in [0.5, 0.6) is 0 Å². The topological polar surface area (TPSA) is 46.5 Å². The van der Waals surface area contributed by atoms with Crippen LogP contribution >= 0.6 is 0 Å². The molecule has 3 nitrogen and oxygen atoms in total. The fourth-order valence-corrected chi connectivity index (χ4v) is 1.20. The molecule has 0 aromatic carbocycles. The number of esters is 1. The summed E-state index contributed by atoms with van der Waals surface area (Å²) in [5.74, 6) is -0.731. The number of ether oxygens (including phenoxy) is 1. The van der Waals surface area contributed by atoms with Crippen molar-refractivity contribution in [2.75, 3.05) is 7.11 Å². The van der Waals surface area contributed by atoms with Gasteiger partial charge in [-0.05, 0) is 13.3 Å². The van der Waals surface area contributed by atoms with Crippen LogP contribution in [0.15, 0.2) is 0 Å². The van der Waals surface area contributed by atoms with Gasteiger partial charge in [-0.1, -0.05) is 26.2 Å². The molecule has 0 heterocycles. The lowest BCUT2D eigenvalue weighted by atomic mass is 9.99. The third-order valence-corrected chi connectivity index (χ3v) is 2.25. The SMILES string of the molecule is CCCCCC(O)C(C)C(=O)OC. The summed E-state index contributed by atoms with van der Waals surface area (Å²) in [5, 5.41) is 9.55. The minimum atomic E-state index is -0.556. The van der Waals surface area contributed by atoms with E-state index in [4.69, 9.17) is 0 Å². The molecular formula is C10H20O3. The van der Waals surface area contributed by atoms with E-state index in [1.165, 1.54) is 7.11 Å². The number of rotatable bonds is 6. The normalized spacial score (nSPS) is 15.1. The Balaban J connectivity index is 3.68. The Hall–Kier alpha value is -0.570. The minimum absolute atomic E-state index is 0.330. The molecule has 0 saturated carbocycles. The number of carbonyl (C=O) groups is 1. The fraction of sp³-hybridized carbons (Fsp3) is 0.900. The molecule has 0 aliphatic rings. The Morgan fingerprint density at radius 2 is 2.08 bits per heavy atom. The van der Waals surface area contributed by atoms with Crippen molar-refractivity contribution in [3.63, 3.8) is 0 Å². The molecule has 0 bridgehead atoms. The molecule has 0 aromatic rings. The second kappa shape index (κ2) is 6.89. The molecule has 0 radical (unpaired) electrons. The van der Waals surface area contributed by atoms with Gasteiger partial charge < -0.3 is 9.84 Å². The van der Waals surface area contributed by atoms with Crippen LogP contribution in [-0.2, 0) is 9.53 Å². The summed E-state index contributed by atoms with van der Waals surface area (Å²) < 4.78 is 4.54. The lowest BCUT2D eigenvalue weighted by molar-refractivity contribution is -0.148. The van der Waals surface area contributed by atoms with Gasteiger partial charge in [-0.25, -0.2) is 0 Å². The summed E-state index contributed by atoms with van der Waals surface area (Å²) >= 11 is 0. The number of carbonyl (C=O) groups excluding carboxylic acids is 1. The van der Waals surface area contributed by atoms with Gasteiger partial charge in [0.2, 0.25) is 0 Å². The summed E-state index contributed by atoms with van der Waals surface area (Å²) in [4.78, 5) is 11.0. The molecule has 78 valence electrons. The van der Waals surface area contributed by atoms with E-state index in [-0.39, 0.29) is 5.97 Å². The van der Waals surface area contributed by atoms with E-state index in [1.54, 1.807) is 6.92 Å². The van der Waals surface area contributed by atoms with Gasteiger partial charge in [0, 0.05) is 0 Å². The van der Waals surface area contributed by atoms with Crippen LogP contribution in [0.4, 0.5) is 0 Å². The predicted octanol–water partition coefficient (Wildman–Crippen LogP) is 1.74. The zero-order chi connectivity index (χ0) is 10.3. The first kappa shape index (κ1) is 12.4. The third kappa shape index (κ3) is 4.88. The first-order valence-electron chi connectivity index (χ1n) is 4.89. The first-order valence-corrected chi connectivity index (χ1v) is 4.89. The Labute approximate surface area is 80.1 Å². The van der Waals surface area contributed by atoms with Crippen LogP contribution in [0.3, 0.4) is 0 Å². The molecule has 0 aliphatic carbocycles. The number of methoxy groups -OCH3 is 1. The lowest BCUT2D eigenvalue weighted by Gasteiger charge is -2.15. The summed E-state index contributed by atoms with van der Waals surface area (Å²) in [6.45, 7) is 3.80. The standard InChI is InChI=1S/C10H20O3/c1-4-5-6-7-9(11)8(2)10(12)13-3/h8-9,11H,4-7H2,1-3H3. The molecular weight excluding hydrogens is 168 g/mol. The molecule has 13 heavy (non-hydrogen) atoms. The summed E-state index contributed by atoms with van der Waals surface area (Å²) in [5.41, 5.74) is 0. The molecule has 0 aromatic heterocycles. The highest BCUT2D eigenvalue weighted by molar-refractivity contribution is 5.72. The van der Waals surface area contributed by atoms with Crippen LogP contribution < -0.4 is 0 Å². The average molecular weight is 188 g/mol. The molecule has 0 saturated heterocycles. The number of aliphatic hydroxyl groups excluding tert-OH is 1. The van der Waals surface area contributed by atoms with Gasteiger partial charge in [0.05, 0.1) is 19.1 Å². The van der Waals surface area contributed by atoms with Crippen molar-refractivity contribution < 1.29 is 14.6 Å². The predicted molar refractivity (Wildman–Crippen MR) is 51.3 cm³/mol. The van der Waals surface area contributed by atoms with Gasteiger partial charge in [-0.3, -0.25) is 4.79 Å². The van der Waals surface area contributed by atoms with E-state index >= 15 is 0 Å². The lowest BCUT2D eigenvalue weighted by Crippen LogP contribution is -2.26. The second-order valence-corrected chi connectivity index (χ2v) is 3.37.